The Morgan fingerprint density at radius 3 is 2.31 bits per heavy atom. The molecule has 0 aliphatic heterocycles. The zero-order chi connectivity index (χ0) is 26.0. The number of anilines is 1. The molecule has 0 bridgehead atoms. The van der Waals surface area contributed by atoms with Gasteiger partial charge in [0.05, 0.1) is 18.6 Å². The minimum absolute atomic E-state index is 0.0733. The number of carbonyl (C=O) groups excluding carboxylic acids is 2. The van der Waals surface area contributed by atoms with Crippen LogP contribution in [0.2, 0.25) is 5.02 Å². The maximum absolute atomic E-state index is 13.3. The minimum Gasteiger partial charge on any atom is -0.492 e. The molecule has 0 radical (unpaired) electrons. The van der Waals surface area contributed by atoms with Crippen molar-refractivity contribution in [3.8, 4) is 5.75 Å². The third-order valence-electron chi connectivity index (χ3n) is 5.48. The predicted octanol–water partition coefficient (Wildman–Crippen LogP) is 3.84. The number of hydrogen-bond acceptors (Lipinski definition) is 5. The van der Waals surface area contributed by atoms with E-state index in [0.717, 1.165) is 11.8 Å². The third-order valence-corrected chi connectivity index (χ3v) is 6.92. The van der Waals surface area contributed by atoms with E-state index < -0.39 is 16.1 Å². The molecule has 2 aromatic rings. The van der Waals surface area contributed by atoms with Gasteiger partial charge in [0.1, 0.15) is 11.8 Å². The summed E-state index contributed by atoms with van der Waals surface area (Å²) in [4.78, 5) is 27.3. The van der Waals surface area contributed by atoms with Crippen LogP contribution in [0.15, 0.2) is 48.5 Å². The molecule has 2 aromatic carbocycles. The monoisotopic (exact) mass is 523 g/mol. The highest BCUT2D eigenvalue weighted by atomic mass is 35.5. The Morgan fingerprint density at radius 2 is 1.74 bits per heavy atom. The summed E-state index contributed by atoms with van der Waals surface area (Å²) in [5.74, 6) is -0.0260. The van der Waals surface area contributed by atoms with Gasteiger partial charge in [-0.3, -0.25) is 13.9 Å². The molecular formula is C25H34ClN3O5S. The van der Waals surface area contributed by atoms with Gasteiger partial charge in [-0.2, -0.15) is 0 Å². The molecule has 0 heterocycles. The summed E-state index contributed by atoms with van der Waals surface area (Å²) in [5, 5.41) is 3.21. The van der Waals surface area contributed by atoms with Gasteiger partial charge in [-0.05, 0) is 49.6 Å². The number of halogens is 1. The van der Waals surface area contributed by atoms with E-state index >= 15 is 0 Å². The van der Waals surface area contributed by atoms with Crippen molar-refractivity contribution in [3.63, 3.8) is 0 Å². The van der Waals surface area contributed by atoms with Gasteiger partial charge in [-0.25, -0.2) is 8.42 Å². The number of nitrogens with one attached hydrogen (secondary N) is 1. The first-order valence-corrected chi connectivity index (χ1v) is 13.8. The van der Waals surface area contributed by atoms with Crippen LogP contribution in [0.3, 0.4) is 0 Å². The van der Waals surface area contributed by atoms with E-state index in [1.165, 1.54) is 11.4 Å². The molecule has 0 spiro atoms. The summed E-state index contributed by atoms with van der Waals surface area (Å²) in [6, 6.07) is 13.4. The number of para-hydroxylation sites is 2. The number of amides is 2. The largest absolute Gasteiger partial charge is 0.492 e. The van der Waals surface area contributed by atoms with E-state index in [1.807, 2.05) is 26.0 Å². The van der Waals surface area contributed by atoms with Crippen molar-refractivity contribution in [2.45, 2.75) is 45.7 Å². The second kappa shape index (κ2) is 13.3. The molecular weight excluding hydrogens is 490 g/mol. The van der Waals surface area contributed by atoms with Crippen LogP contribution in [0.5, 0.6) is 5.75 Å². The maximum atomic E-state index is 13.3. The predicted molar refractivity (Wildman–Crippen MR) is 139 cm³/mol. The van der Waals surface area contributed by atoms with Crippen molar-refractivity contribution in [1.82, 2.24) is 10.2 Å². The van der Waals surface area contributed by atoms with Gasteiger partial charge in [0.2, 0.25) is 21.8 Å². The van der Waals surface area contributed by atoms with E-state index in [1.54, 1.807) is 41.3 Å². The lowest BCUT2D eigenvalue weighted by Crippen LogP contribution is -2.48. The fourth-order valence-electron chi connectivity index (χ4n) is 3.80. The Kier molecular flexibility index (Phi) is 10.9. The van der Waals surface area contributed by atoms with Crippen molar-refractivity contribution in [2.24, 2.45) is 0 Å². The highest BCUT2D eigenvalue weighted by Gasteiger charge is 2.28. The molecule has 0 aromatic heterocycles. The van der Waals surface area contributed by atoms with E-state index in [-0.39, 0.29) is 37.7 Å². The SMILES string of the molecule is CCOc1ccccc1N(CCCC(=O)N(Cc1ccc(Cl)cc1)C(CC)C(=O)NC)S(C)(=O)=O. The molecule has 0 aliphatic rings. The fourth-order valence-corrected chi connectivity index (χ4v) is 4.89. The van der Waals surface area contributed by atoms with Crippen molar-refractivity contribution >= 4 is 39.1 Å². The number of sulfonamides is 1. The summed E-state index contributed by atoms with van der Waals surface area (Å²) in [5.41, 5.74) is 1.27. The van der Waals surface area contributed by atoms with Gasteiger partial charge in [0.15, 0.2) is 0 Å². The highest BCUT2D eigenvalue weighted by molar-refractivity contribution is 7.92. The molecule has 10 heteroatoms. The Bertz CT molecular complexity index is 1090. The fraction of sp³-hybridized carbons (Fsp3) is 0.440. The lowest BCUT2D eigenvalue weighted by molar-refractivity contribution is -0.141. The van der Waals surface area contributed by atoms with Crippen LogP contribution in [0.1, 0.15) is 38.7 Å². The summed E-state index contributed by atoms with van der Waals surface area (Å²) in [7, 11) is -2.08. The molecule has 0 aliphatic carbocycles. The van der Waals surface area contributed by atoms with Crippen LogP contribution in [0, 0.1) is 0 Å². The Hall–Kier alpha value is -2.78. The standard InChI is InChI=1S/C25H34ClN3O5S/c1-5-21(25(31)27-3)28(18-19-13-15-20(26)16-14-19)24(30)12-9-17-29(35(4,32)33)22-10-7-8-11-23(22)34-6-2/h7-8,10-11,13-16,21H,5-6,9,12,17-18H2,1-4H3,(H,27,31). The Balaban J connectivity index is 2.21. The molecule has 0 saturated carbocycles. The molecule has 0 saturated heterocycles. The number of ether oxygens (including phenoxy) is 1. The van der Waals surface area contributed by atoms with E-state index in [2.05, 4.69) is 5.32 Å². The number of benzene rings is 2. The first-order chi connectivity index (χ1) is 16.6. The number of rotatable bonds is 13. The smallest absolute Gasteiger partial charge is 0.242 e. The topological polar surface area (TPSA) is 96.0 Å². The average Bonchev–Trinajstić information content (AvgIpc) is 2.82. The zero-order valence-corrected chi connectivity index (χ0v) is 22.2. The maximum Gasteiger partial charge on any atom is 0.242 e. The lowest BCUT2D eigenvalue weighted by Gasteiger charge is -2.31. The number of hydrogen-bond donors (Lipinski definition) is 1. The van der Waals surface area contributed by atoms with Gasteiger partial charge >= 0.3 is 0 Å². The van der Waals surface area contributed by atoms with Gasteiger partial charge in [0.25, 0.3) is 0 Å². The molecule has 1 unspecified atom stereocenters. The lowest BCUT2D eigenvalue weighted by atomic mass is 10.1. The van der Waals surface area contributed by atoms with Crippen molar-refractivity contribution in [3.05, 3.63) is 59.1 Å². The summed E-state index contributed by atoms with van der Waals surface area (Å²) >= 11 is 5.98. The molecule has 2 amide bonds. The molecule has 35 heavy (non-hydrogen) atoms. The van der Waals surface area contributed by atoms with Crippen molar-refractivity contribution < 1.29 is 22.7 Å². The normalized spacial score (nSPS) is 12.0. The molecule has 1 N–H and O–H groups in total. The number of carbonyl (C=O) groups is 2. The Morgan fingerprint density at radius 1 is 1.09 bits per heavy atom. The molecule has 192 valence electrons. The number of nitrogens with zero attached hydrogens (tertiary/aromatic N) is 2. The third kappa shape index (κ3) is 8.14. The van der Waals surface area contributed by atoms with Gasteiger partial charge < -0.3 is 15.0 Å². The quantitative estimate of drug-likeness (QED) is 0.430. The van der Waals surface area contributed by atoms with Crippen LogP contribution in [-0.2, 0) is 26.2 Å². The highest BCUT2D eigenvalue weighted by Crippen LogP contribution is 2.30. The van der Waals surface area contributed by atoms with Crippen molar-refractivity contribution in [2.75, 3.05) is 30.8 Å². The molecule has 1 atom stereocenters. The Labute approximate surface area is 213 Å². The molecule has 2 rings (SSSR count). The van der Waals surface area contributed by atoms with Crippen LogP contribution < -0.4 is 14.4 Å². The van der Waals surface area contributed by atoms with Crippen LogP contribution in [-0.4, -0.2) is 57.6 Å². The van der Waals surface area contributed by atoms with Crippen LogP contribution >= 0.6 is 11.6 Å². The zero-order valence-electron chi connectivity index (χ0n) is 20.7. The first kappa shape index (κ1) is 28.5. The summed E-state index contributed by atoms with van der Waals surface area (Å²) < 4.78 is 32.0. The minimum atomic E-state index is -3.62. The number of likely N-dealkylation sites (N-methyl/N-ethyl adjacent to an activating group) is 1. The molecule has 8 nitrogen and oxygen atoms in total. The second-order valence-corrected chi connectivity index (χ2v) is 10.4. The van der Waals surface area contributed by atoms with E-state index in [0.29, 0.717) is 29.5 Å². The summed E-state index contributed by atoms with van der Waals surface area (Å²) in [6.45, 7) is 4.40. The van der Waals surface area contributed by atoms with Gasteiger partial charge in [0, 0.05) is 31.6 Å². The second-order valence-electron chi connectivity index (χ2n) is 8.03. The van der Waals surface area contributed by atoms with Gasteiger partial charge in [-0.1, -0.05) is 42.8 Å². The molecule has 0 fully saturated rings. The first-order valence-electron chi connectivity index (χ1n) is 11.6. The summed E-state index contributed by atoms with van der Waals surface area (Å²) in [6.07, 6.45) is 1.91. The van der Waals surface area contributed by atoms with Crippen LogP contribution in [0.25, 0.3) is 0 Å². The average molecular weight is 524 g/mol. The van der Waals surface area contributed by atoms with E-state index in [4.69, 9.17) is 16.3 Å². The van der Waals surface area contributed by atoms with Gasteiger partial charge in [-0.15, -0.1) is 0 Å². The van der Waals surface area contributed by atoms with Crippen molar-refractivity contribution in [1.29, 1.82) is 0 Å². The van der Waals surface area contributed by atoms with E-state index in [9.17, 15) is 18.0 Å². The van der Waals surface area contributed by atoms with Crippen LogP contribution in [0.4, 0.5) is 5.69 Å².